The molecule has 2 heteroatoms. The standard InChI is InChI=1S/C41H33NO/c1-41(2,3)32-21-26-35-36-15-10-16-38(39(36)40(43)37(35)27-32)42(33-22-17-30(18-23-33)28-11-6-4-7-12-28)34-24-19-31(20-25-34)29-13-8-5-9-14-29/h4-27H,1-3H3. The Morgan fingerprint density at radius 1 is 0.465 bits per heavy atom. The number of rotatable bonds is 5. The summed E-state index contributed by atoms with van der Waals surface area (Å²) in [6.45, 7) is 6.56. The molecule has 0 unspecified atom stereocenters. The molecule has 2 nitrogen and oxygen atoms in total. The molecule has 0 atom stereocenters. The van der Waals surface area contributed by atoms with E-state index in [0.29, 0.717) is 0 Å². The number of carbonyl (C=O) groups is 1. The van der Waals surface area contributed by atoms with E-state index in [1.165, 1.54) is 16.7 Å². The van der Waals surface area contributed by atoms with Gasteiger partial charge in [0.05, 0.1) is 11.3 Å². The molecule has 0 spiro atoms. The topological polar surface area (TPSA) is 20.3 Å². The summed E-state index contributed by atoms with van der Waals surface area (Å²) in [6, 6.07) is 50.6. The van der Waals surface area contributed by atoms with Crippen LogP contribution in [0.4, 0.5) is 17.1 Å². The van der Waals surface area contributed by atoms with Gasteiger partial charge in [0.2, 0.25) is 0 Å². The fourth-order valence-corrected chi connectivity index (χ4v) is 6.05. The minimum atomic E-state index is -0.0417. The maximum absolute atomic E-state index is 14.2. The lowest BCUT2D eigenvalue weighted by atomic mass is 9.85. The second-order valence-corrected chi connectivity index (χ2v) is 12.2. The van der Waals surface area contributed by atoms with Crippen LogP contribution in [0.5, 0.6) is 0 Å². The normalized spacial score (nSPS) is 12.1. The zero-order valence-corrected chi connectivity index (χ0v) is 24.7. The molecule has 0 N–H and O–H groups in total. The maximum Gasteiger partial charge on any atom is 0.196 e. The molecule has 43 heavy (non-hydrogen) atoms. The Morgan fingerprint density at radius 2 is 0.977 bits per heavy atom. The minimum Gasteiger partial charge on any atom is -0.310 e. The number of anilines is 3. The van der Waals surface area contributed by atoms with Crippen LogP contribution in [0, 0.1) is 0 Å². The highest BCUT2D eigenvalue weighted by atomic mass is 16.1. The Hall–Kier alpha value is -5.21. The average Bonchev–Trinajstić information content (AvgIpc) is 3.34. The molecule has 7 rings (SSSR count). The summed E-state index contributed by atoms with van der Waals surface area (Å²) in [5, 5.41) is 0. The molecule has 0 heterocycles. The zero-order valence-electron chi connectivity index (χ0n) is 24.7. The first-order valence-corrected chi connectivity index (χ1v) is 14.8. The highest BCUT2D eigenvalue weighted by Gasteiger charge is 2.32. The van der Waals surface area contributed by atoms with Crippen molar-refractivity contribution < 1.29 is 4.79 Å². The smallest absolute Gasteiger partial charge is 0.196 e. The Bertz CT molecular complexity index is 1850. The van der Waals surface area contributed by atoms with Gasteiger partial charge in [-0.3, -0.25) is 4.79 Å². The molecular weight excluding hydrogens is 522 g/mol. The highest BCUT2D eigenvalue weighted by molar-refractivity contribution is 6.25. The van der Waals surface area contributed by atoms with Crippen molar-refractivity contribution in [1.82, 2.24) is 0 Å². The number of benzene rings is 6. The third-order valence-corrected chi connectivity index (χ3v) is 8.40. The third kappa shape index (κ3) is 4.85. The second kappa shape index (κ2) is 10.6. The van der Waals surface area contributed by atoms with E-state index < -0.39 is 0 Å². The van der Waals surface area contributed by atoms with Gasteiger partial charge in [0.25, 0.3) is 0 Å². The van der Waals surface area contributed by atoms with E-state index in [1.54, 1.807) is 0 Å². The zero-order chi connectivity index (χ0) is 29.6. The van der Waals surface area contributed by atoms with Gasteiger partial charge in [-0.2, -0.15) is 0 Å². The summed E-state index contributed by atoms with van der Waals surface area (Å²) in [6.07, 6.45) is 0. The molecular formula is C41H33NO. The van der Waals surface area contributed by atoms with Crippen molar-refractivity contribution in [3.8, 4) is 33.4 Å². The van der Waals surface area contributed by atoms with Gasteiger partial charge in [-0.15, -0.1) is 0 Å². The fourth-order valence-electron chi connectivity index (χ4n) is 6.05. The predicted molar refractivity (Wildman–Crippen MR) is 180 cm³/mol. The van der Waals surface area contributed by atoms with Crippen molar-refractivity contribution in [2.45, 2.75) is 26.2 Å². The largest absolute Gasteiger partial charge is 0.310 e. The summed E-state index contributed by atoms with van der Waals surface area (Å²) in [5.41, 5.74) is 12.2. The van der Waals surface area contributed by atoms with Crippen LogP contribution in [-0.2, 0) is 5.41 Å². The number of fused-ring (bicyclic) bond motifs is 3. The van der Waals surface area contributed by atoms with Gasteiger partial charge in [0.15, 0.2) is 5.78 Å². The minimum absolute atomic E-state index is 0.0417. The van der Waals surface area contributed by atoms with Crippen LogP contribution >= 0.6 is 0 Å². The van der Waals surface area contributed by atoms with Crippen molar-refractivity contribution in [1.29, 1.82) is 0 Å². The lowest BCUT2D eigenvalue weighted by Gasteiger charge is -2.27. The Morgan fingerprint density at radius 3 is 1.49 bits per heavy atom. The molecule has 0 amide bonds. The summed E-state index contributed by atoms with van der Waals surface area (Å²) < 4.78 is 0. The van der Waals surface area contributed by atoms with Gasteiger partial charge >= 0.3 is 0 Å². The second-order valence-electron chi connectivity index (χ2n) is 12.2. The van der Waals surface area contributed by atoms with Crippen LogP contribution < -0.4 is 4.90 Å². The number of nitrogens with zero attached hydrogens (tertiary/aromatic N) is 1. The van der Waals surface area contributed by atoms with E-state index in [4.69, 9.17) is 0 Å². The Labute approximate surface area is 253 Å². The monoisotopic (exact) mass is 555 g/mol. The van der Waals surface area contributed by atoms with Gasteiger partial charge in [-0.25, -0.2) is 0 Å². The van der Waals surface area contributed by atoms with Gasteiger partial charge in [-0.05, 0) is 80.8 Å². The van der Waals surface area contributed by atoms with Crippen molar-refractivity contribution in [3.63, 3.8) is 0 Å². The van der Waals surface area contributed by atoms with Crippen molar-refractivity contribution in [2.24, 2.45) is 0 Å². The van der Waals surface area contributed by atoms with E-state index in [1.807, 2.05) is 12.1 Å². The number of hydrogen-bond donors (Lipinski definition) is 0. The molecule has 1 aliphatic carbocycles. The van der Waals surface area contributed by atoms with E-state index >= 15 is 0 Å². The third-order valence-electron chi connectivity index (χ3n) is 8.40. The summed E-state index contributed by atoms with van der Waals surface area (Å²) in [5.74, 6) is 0.0820. The van der Waals surface area contributed by atoms with Crippen molar-refractivity contribution >= 4 is 22.8 Å². The first kappa shape index (κ1) is 26.7. The maximum atomic E-state index is 14.2. The molecule has 0 aliphatic heterocycles. The van der Waals surface area contributed by atoms with Crippen LogP contribution in [0.1, 0.15) is 42.3 Å². The van der Waals surface area contributed by atoms with Gasteiger partial charge in [0.1, 0.15) is 0 Å². The fraction of sp³-hybridized carbons (Fsp3) is 0.0976. The first-order chi connectivity index (χ1) is 20.9. The molecule has 6 aromatic carbocycles. The number of carbonyl (C=O) groups excluding carboxylic acids is 1. The molecule has 0 radical (unpaired) electrons. The van der Waals surface area contributed by atoms with Crippen molar-refractivity contribution in [3.05, 3.63) is 162 Å². The molecule has 208 valence electrons. The molecule has 0 bridgehead atoms. The van der Waals surface area contributed by atoms with Crippen LogP contribution in [0.25, 0.3) is 33.4 Å². The van der Waals surface area contributed by atoms with Gasteiger partial charge in [-0.1, -0.05) is 130 Å². The summed E-state index contributed by atoms with van der Waals surface area (Å²) >= 11 is 0. The molecule has 0 saturated heterocycles. The molecule has 0 saturated carbocycles. The molecule has 6 aromatic rings. The Kier molecular flexibility index (Phi) is 6.55. The van der Waals surface area contributed by atoms with Crippen LogP contribution in [0.15, 0.2) is 146 Å². The number of hydrogen-bond acceptors (Lipinski definition) is 2. The van der Waals surface area contributed by atoms with Crippen LogP contribution in [0.2, 0.25) is 0 Å². The quantitative estimate of drug-likeness (QED) is 0.210. The first-order valence-electron chi connectivity index (χ1n) is 14.8. The predicted octanol–water partition coefficient (Wildman–Crippen LogP) is 11.0. The van der Waals surface area contributed by atoms with Crippen molar-refractivity contribution in [2.75, 3.05) is 4.90 Å². The molecule has 0 fully saturated rings. The van der Waals surface area contributed by atoms with E-state index in [9.17, 15) is 4.79 Å². The van der Waals surface area contributed by atoms with Gasteiger partial charge in [0, 0.05) is 16.9 Å². The van der Waals surface area contributed by atoms with Gasteiger partial charge < -0.3 is 4.90 Å². The van der Waals surface area contributed by atoms with Crippen LogP contribution in [0.3, 0.4) is 0 Å². The van der Waals surface area contributed by atoms with E-state index in [2.05, 4.69) is 159 Å². The molecule has 0 aromatic heterocycles. The lowest BCUT2D eigenvalue weighted by Crippen LogP contribution is -2.14. The highest BCUT2D eigenvalue weighted by Crippen LogP contribution is 2.46. The SMILES string of the molecule is CC(C)(C)c1ccc2c(c1)C(=O)c1c-2cccc1N(c1ccc(-c2ccccc2)cc1)c1ccc(-c2ccccc2)cc1. The average molecular weight is 556 g/mol. The van der Waals surface area contributed by atoms with Crippen LogP contribution in [-0.4, -0.2) is 5.78 Å². The summed E-state index contributed by atoms with van der Waals surface area (Å²) in [7, 11) is 0. The Balaban J connectivity index is 1.37. The molecule has 1 aliphatic rings. The van der Waals surface area contributed by atoms with E-state index in [-0.39, 0.29) is 11.2 Å². The summed E-state index contributed by atoms with van der Waals surface area (Å²) in [4.78, 5) is 16.4. The number of ketones is 1. The lowest BCUT2D eigenvalue weighted by molar-refractivity contribution is 0.104. The van der Waals surface area contributed by atoms with E-state index in [0.717, 1.165) is 50.4 Å².